The molecule has 4 nitrogen and oxygen atoms in total. The van der Waals surface area contributed by atoms with Gasteiger partial charge in [0, 0.05) is 13.2 Å². The van der Waals surface area contributed by atoms with Crippen LogP contribution < -0.4 is 5.32 Å². The van der Waals surface area contributed by atoms with Crippen molar-refractivity contribution in [3.8, 4) is 0 Å². The Labute approximate surface area is 98.3 Å². The van der Waals surface area contributed by atoms with Crippen LogP contribution in [-0.2, 0) is 9.53 Å². The van der Waals surface area contributed by atoms with Gasteiger partial charge >= 0.3 is 0 Å². The topological polar surface area (TPSA) is 41.6 Å². The highest BCUT2D eigenvalue weighted by Gasteiger charge is 2.18. The van der Waals surface area contributed by atoms with Gasteiger partial charge in [0.25, 0.3) is 0 Å². The minimum atomic E-state index is 0.0983. The zero-order valence-electron chi connectivity index (χ0n) is 10.7. The summed E-state index contributed by atoms with van der Waals surface area (Å²) in [5, 5.41) is 2.93. The van der Waals surface area contributed by atoms with Gasteiger partial charge in [-0.05, 0) is 38.8 Å². The maximum Gasteiger partial charge on any atom is 0.234 e. The summed E-state index contributed by atoms with van der Waals surface area (Å²) in [6, 6.07) is 0.0983. The number of rotatable bonds is 5. The molecule has 0 bridgehead atoms. The van der Waals surface area contributed by atoms with Crippen molar-refractivity contribution in [2.45, 2.75) is 32.7 Å². The van der Waals surface area contributed by atoms with Gasteiger partial charge < -0.3 is 10.1 Å². The second-order valence-corrected chi connectivity index (χ2v) is 4.88. The molecular weight excluding hydrogens is 204 g/mol. The molecular formula is C12H24N2O2. The van der Waals surface area contributed by atoms with E-state index in [1.807, 2.05) is 6.92 Å². The fraction of sp³-hybridized carbons (Fsp3) is 0.917. The Bertz CT molecular complexity index is 213. The summed E-state index contributed by atoms with van der Waals surface area (Å²) in [7, 11) is 1.65. The molecule has 1 fully saturated rings. The Morgan fingerprint density at radius 1 is 1.50 bits per heavy atom. The number of nitrogens with zero attached hydrogens (tertiary/aromatic N) is 1. The Morgan fingerprint density at radius 2 is 2.12 bits per heavy atom. The van der Waals surface area contributed by atoms with Gasteiger partial charge in [0.05, 0.1) is 13.2 Å². The zero-order chi connectivity index (χ0) is 12.0. The lowest BCUT2D eigenvalue weighted by atomic mass is 9.99. The van der Waals surface area contributed by atoms with Crippen LogP contribution in [0, 0.1) is 5.92 Å². The van der Waals surface area contributed by atoms with Gasteiger partial charge in [-0.3, -0.25) is 9.69 Å². The van der Waals surface area contributed by atoms with Crippen LogP contribution in [0.3, 0.4) is 0 Å². The van der Waals surface area contributed by atoms with Crippen LogP contribution >= 0.6 is 0 Å². The highest BCUT2D eigenvalue weighted by atomic mass is 16.5. The van der Waals surface area contributed by atoms with Crippen LogP contribution in [0.15, 0.2) is 0 Å². The summed E-state index contributed by atoms with van der Waals surface area (Å²) in [6.45, 7) is 7.43. The lowest BCUT2D eigenvalue weighted by Gasteiger charge is -2.29. The lowest BCUT2D eigenvalue weighted by Crippen LogP contribution is -2.44. The summed E-state index contributed by atoms with van der Waals surface area (Å²) < 4.78 is 4.98. The number of methoxy groups -OCH3 is 1. The Balaban J connectivity index is 2.18. The molecule has 94 valence electrons. The first-order valence-electron chi connectivity index (χ1n) is 6.12. The molecule has 1 heterocycles. The Kier molecular flexibility index (Phi) is 5.77. The van der Waals surface area contributed by atoms with Crippen molar-refractivity contribution in [2.24, 2.45) is 5.92 Å². The van der Waals surface area contributed by atoms with Crippen molar-refractivity contribution in [2.75, 3.05) is 33.4 Å². The monoisotopic (exact) mass is 228 g/mol. The maximum absolute atomic E-state index is 11.7. The van der Waals surface area contributed by atoms with E-state index in [4.69, 9.17) is 4.74 Å². The summed E-state index contributed by atoms with van der Waals surface area (Å²) >= 11 is 0. The van der Waals surface area contributed by atoms with Gasteiger partial charge in [-0.2, -0.15) is 0 Å². The van der Waals surface area contributed by atoms with Crippen LogP contribution in [0.25, 0.3) is 0 Å². The van der Waals surface area contributed by atoms with Gasteiger partial charge in [-0.25, -0.2) is 0 Å². The van der Waals surface area contributed by atoms with Crippen molar-refractivity contribution < 1.29 is 9.53 Å². The number of hydrogen-bond donors (Lipinski definition) is 1. The first kappa shape index (κ1) is 13.5. The average molecular weight is 228 g/mol. The molecule has 0 aliphatic carbocycles. The first-order valence-corrected chi connectivity index (χ1v) is 6.12. The molecule has 1 aliphatic heterocycles. The Morgan fingerprint density at radius 3 is 2.69 bits per heavy atom. The molecule has 0 aromatic heterocycles. The highest BCUT2D eigenvalue weighted by Crippen LogP contribution is 2.15. The molecule has 1 aliphatic rings. The molecule has 4 heteroatoms. The summed E-state index contributed by atoms with van der Waals surface area (Å²) in [4.78, 5) is 13.9. The van der Waals surface area contributed by atoms with Gasteiger partial charge in [0.15, 0.2) is 0 Å². The van der Waals surface area contributed by atoms with Gasteiger partial charge in [0.1, 0.15) is 0 Å². The molecule has 0 aromatic carbocycles. The summed E-state index contributed by atoms with van der Waals surface area (Å²) in [5.74, 6) is 0.922. The van der Waals surface area contributed by atoms with Crippen molar-refractivity contribution in [3.05, 3.63) is 0 Å². The number of carbonyl (C=O) groups is 1. The van der Waals surface area contributed by atoms with E-state index in [1.165, 1.54) is 12.8 Å². The molecule has 1 N–H and O–H groups in total. The second kappa shape index (κ2) is 6.86. The fourth-order valence-electron chi connectivity index (χ4n) is 2.04. The quantitative estimate of drug-likeness (QED) is 0.759. The van der Waals surface area contributed by atoms with Crippen LogP contribution in [0.2, 0.25) is 0 Å². The van der Waals surface area contributed by atoms with E-state index in [9.17, 15) is 4.79 Å². The molecule has 16 heavy (non-hydrogen) atoms. The van der Waals surface area contributed by atoms with Crippen LogP contribution in [-0.4, -0.2) is 50.2 Å². The average Bonchev–Trinajstić information content (AvgIpc) is 2.21. The van der Waals surface area contributed by atoms with Gasteiger partial charge in [-0.15, -0.1) is 0 Å². The van der Waals surface area contributed by atoms with E-state index in [0.29, 0.717) is 13.2 Å². The van der Waals surface area contributed by atoms with Gasteiger partial charge in [0.2, 0.25) is 5.91 Å². The van der Waals surface area contributed by atoms with Crippen LogP contribution in [0.5, 0.6) is 0 Å². The third-order valence-electron chi connectivity index (χ3n) is 3.07. The summed E-state index contributed by atoms with van der Waals surface area (Å²) in [5.41, 5.74) is 0. The molecule has 0 unspecified atom stereocenters. The SMILES string of the molecule is COC[C@H](C)NC(=O)CN1CCC(C)CC1. The van der Waals surface area contributed by atoms with Crippen molar-refractivity contribution in [1.82, 2.24) is 10.2 Å². The number of likely N-dealkylation sites (tertiary alicyclic amines) is 1. The fourth-order valence-corrected chi connectivity index (χ4v) is 2.04. The second-order valence-electron chi connectivity index (χ2n) is 4.88. The number of hydrogen-bond acceptors (Lipinski definition) is 3. The smallest absolute Gasteiger partial charge is 0.234 e. The van der Waals surface area contributed by atoms with Crippen molar-refractivity contribution >= 4 is 5.91 Å². The maximum atomic E-state index is 11.7. The van der Waals surface area contributed by atoms with E-state index >= 15 is 0 Å². The predicted molar refractivity (Wildman–Crippen MR) is 64.3 cm³/mol. The molecule has 1 atom stereocenters. The van der Waals surface area contributed by atoms with E-state index in [2.05, 4.69) is 17.1 Å². The lowest BCUT2D eigenvalue weighted by molar-refractivity contribution is -0.123. The molecule has 1 saturated heterocycles. The minimum Gasteiger partial charge on any atom is -0.383 e. The highest BCUT2D eigenvalue weighted by molar-refractivity contribution is 5.78. The molecule has 0 radical (unpaired) electrons. The Hall–Kier alpha value is -0.610. The number of carbonyl (C=O) groups excluding carboxylic acids is 1. The molecule has 0 spiro atoms. The molecule has 0 saturated carbocycles. The van der Waals surface area contributed by atoms with E-state index in [-0.39, 0.29) is 11.9 Å². The molecule has 0 aromatic rings. The predicted octanol–water partition coefficient (Wildman–Crippen LogP) is 0.869. The normalized spacial score (nSPS) is 20.7. The summed E-state index contributed by atoms with van der Waals surface area (Å²) in [6.07, 6.45) is 2.42. The largest absolute Gasteiger partial charge is 0.383 e. The molecule has 1 rings (SSSR count). The van der Waals surface area contributed by atoms with E-state index in [1.54, 1.807) is 7.11 Å². The van der Waals surface area contributed by atoms with Crippen molar-refractivity contribution in [3.63, 3.8) is 0 Å². The number of amides is 1. The van der Waals surface area contributed by atoms with Gasteiger partial charge in [-0.1, -0.05) is 6.92 Å². The standard InChI is InChI=1S/C12H24N2O2/c1-10-4-6-14(7-5-10)8-12(15)13-11(2)9-16-3/h10-11H,4-9H2,1-3H3,(H,13,15)/t11-/m0/s1. The minimum absolute atomic E-state index is 0.0983. The van der Waals surface area contributed by atoms with Crippen LogP contribution in [0.1, 0.15) is 26.7 Å². The zero-order valence-corrected chi connectivity index (χ0v) is 10.7. The van der Waals surface area contributed by atoms with E-state index < -0.39 is 0 Å². The number of piperidine rings is 1. The van der Waals surface area contributed by atoms with Crippen LogP contribution in [0.4, 0.5) is 0 Å². The number of ether oxygens (including phenoxy) is 1. The van der Waals surface area contributed by atoms with Crippen molar-refractivity contribution in [1.29, 1.82) is 0 Å². The third kappa shape index (κ3) is 4.94. The first-order chi connectivity index (χ1) is 7.61. The number of nitrogens with one attached hydrogen (secondary N) is 1. The third-order valence-corrected chi connectivity index (χ3v) is 3.07. The molecule has 1 amide bonds. The van der Waals surface area contributed by atoms with E-state index in [0.717, 1.165) is 19.0 Å².